The molecule has 4 nitrogen and oxygen atoms in total. The summed E-state index contributed by atoms with van der Waals surface area (Å²) in [4.78, 5) is 6.46. The minimum absolute atomic E-state index is 0.457. The zero-order valence-electron chi connectivity index (χ0n) is 10.4. The number of ether oxygens (including phenoxy) is 1. The van der Waals surface area contributed by atoms with Gasteiger partial charge in [0.1, 0.15) is 16.9 Å². The lowest BCUT2D eigenvalue weighted by Crippen LogP contribution is -2.37. The van der Waals surface area contributed by atoms with Gasteiger partial charge in [-0.05, 0) is 24.8 Å². The molecule has 0 saturated carbocycles. The van der Waals surface area contributed by atoms with Crippen LogP contribution >= 0.6 is 11.6 Å². The number of hydrogen-bond acceptors (Lipinski definition) is 4. The number of hydrogen-bond donors (Lipinski definition) is 0. The first-order chi connectivity index (χ1) is 8.76. The van der Waals surface area contributed by atoms with Gasteiger partial charge in [0, 0.05) is 26.4 Å². The number of rotatable bonds is 3. The van der Waals surface area contributed by atoms with Gasteiger partial charge in [0.2, 0.25) is 0 Å². The molecule has 1 unspecified atom stereocenters. The minimum atomic E-state index is 0.457. The first-order valence-electron chi connectivity index (χ1n) is 6.04. The normalized spacial score (nSPS) is 19.6. The number of nitriles is 1. The second-order valence-corrected chi connectivity index (χ2v) is 4.90. The van der Waals surface area contributed by atoms with Crippen LogP contribution in [0.5, 0.6) is 0 Å². The van der Waals surface area contributed by atoms with Gasteiger partial charge in [-0.25, -0.2) is 4.98 Å². The average Bonchev–Trinajstić information content (AvgIpc) is 2.40. The number of methoxy groups -OCH3 is 1. The molecule has 5 heteroatoms. The molecule has 0 spiro atoms. The fraction of sp³-hybridized carbons (Fsp3) is 0.538. The Morgan fingerprint density at radius 3 is 3.22 bits per heavy atom. The molecule has 1 aromatic rings. The summed E-state index contributed by atoms with van der Waals surface area (Å²) in [5.74, 6) is 1.23. The van der Waals surface area contributed by atoms with E-state index in [2.05, 4.69) is 16.0 Å². The molecular formula is C13H16ClN3O. The molecule has 1 fully saturated rings. The van der Waals surface area contributed by atoms with E-state index in [4.69, 9.17) is 21.6 Å². The molecule has 0 aliphatic carbocycles. The van der Waals surface area contributed by atoms with Crippen LogP contribution in [0.25, 0.3) is 0 Å². The van der Waals surface area contributed by atoms with Crippen molar-refractivity contribution in [3.05, 3.63) is 22.8 Å². The van der Waals surface area contributed by atoms with Gasteiger partial charge < -0.3 is 9.64 Å². The Balaban J connectivity index is 2.18. The van der Waals surface area contributed by atoms with Crippen LogP contribution in [0.15, 0.2) is 12.3 Å². The van der Waals surface area contributed by atoms with Crippen molar-refractivity contribution in [1.82, 2.24) is 4.98 Å². The SMILES string of the molecule is COCC1CCCN(c2nccc(C#N)c2Cl)C1. The maximum absolute atomic E-state index is 8.98. The first kappa shape index (κ1) is 13.1. The highest BCUT2D eigenvalue weighted by Gasteiger charge is 2.23. The summed E-state index contributed by atoms with van der Waals surface area (Å²) in [6, 6.07) is 3.73. The van der Waals surface area contributed by atoms with Crippen molar-refractivity contribution in [2.24, 2.45) is 5.92 Å². The predicted molar refractivity (Wildman–Crippen MR) is 70.8 cm³/mol. The molecule has 0 aromatic carbocycles. The highest BCUT2D eigenvalue weighted by atomic mass is 35.5. The smallest absolute Gasteiger partial charge is 0.148 e. The highest BCUT2D eigenvalue weighted by molar-refractivity contribution is 6.34. The molecule has 18 heavy (non-hydrogen) atoms. The van der Waals surface area contributed by atoms with Crippen LogP contribution in [0.2, 0.25) is 5.02 Å². The summed E-state index contributed by atoms with van der Waals surface area (Å²) < 4.78 is 5.21. The maximum atomic E-state index is 8.98. The number of pyridine rings is 1. The Labute approximate surface area is 112 Å². The van der Waals surface area contributed by atoms with E-state index in [-0.39, 0.29) is 0 Å². The first-order valence-corrected chi connectivity index (χ1v) is 6.42. The van der Waals surface area contributed by atoms with E-state index in [9.17, 15) is 0 Å². The lowest BCUT2D eigenvalue weighted by atomic mass is 9.99. The fourth-order valence-electron chi connectivity index (χ4n) is 2.37. The van der Waals surface area contributed by atoms with Gasteiger partial charge in [0.15, 0.2) is 0 Å². The summed E-state index contributed by atoms with van der Waals surface area (Å²) in [6.07, 6.45) is 3.91. The lowest BCUT2D eigenvalue weighted by molar-refractivity contribution is 0.143. The highest BCUT2D eigenvalue weighted by Crippen LogP contribution is 2.29. The lowest BCUT2D eigenvalue weighted by Gasteiger charge is -2.33. The third-order valence-corrected chi connectivity index (χ3v) is 3.58. The van der Waals surface area contributed by atoms with Gasteiger partial charge in [-0.1, -0.05) is 11.6 Å². The van der Waals surface area contributed by atoms with Gasteiger partial charge >= 0.3 is 0 Å². The van der Waals surface area contributed by atoms with E-state index in [1.807, 2.05) is 0 Å². The monoisotopic (exact) mass is 265 g/mol. The molecular weight excluding hydrogens is 250 g/mol. The third-order valence-electron chi connectivity index (χ3n) is 3.21. The molecule has 1 saturated heterocycles. The number of aromatic nitrogens is 1. The van der Waals surface area contributed by atoms with Gasteiger partial charge in [-0.2, -0.15) is 5.26 Å². The molecule has 1 atom stereocenters. The van der Waals surface area contributed by atoms with Crippen molar-refractivity contribution in [3.63, 3.8) is 0 Å². The van der Waals surface area contributed by atoms with E-state index in [1.54, 1.807) is 19.4 Å². The number of halogens is 1. The van der Waals surface area contributed by atoms with E-state index in [1.165, 1.54) is 6.42 Å². The van der Waals surface area contributed by atoms with Crippen LogP contribution in [0.1, 0.15) is 18.4 Å². The van der Waals surface area contributed by atoms with Gasteiger partial charge in [-0.3, -0.25) is 0 Å². The molecule has 1 aromatic heterocycles. The molecule has 96 valence electrons. The predicted octanol–water partition coefficient (Wildman–Crippen LogP) is 2.47. The van der Waals surface area contributed by atoms with E-state index >= 15 is 0 Å². The van der Waals surface area contributed by atoms with E-state index < -0.39 is 0 Å². The van der Waals surface area contributed by atoms with Crippen molar-refractivity contribution in [3.8, 4) is 6.07 Å². The third kappa shape index (κ3) is 2.74. The quantitative estimate of drug-likeness (QED) is 0.842. The zero-order chi connectivity index (χ0) is 13.0. The molecule has 0 bridgehead atoms. The molecule has 0 amide bonds. The number of nitrogens with zero attached hydrogens (tertiary/aromatic N) is 3. The Morgan fingerprint density at radius 2 is 2.50 bits per heavy atom. The van der Waals surface area contributed by atoms with Crippen molar-refractivity contribution in [2.75, 3.05) is 31.7 Å². The van der Waals surface area contributed by atoms with Crippen LogP contribution < -0.4 is 4.90 Å². The van der Waals surface area contributed by atoms with Crippen LogP contribution in [-0.4, -0.2) is 31.8 Å². The molecule has 0 N–H and O–H groups in total. The van der Waals surface area contributed by atoms with Gasteiger partial charge in [-0.15, -0.1) is 0 Å². The molecule has 1 aliphatic rings. The van der Waals surface area contributed by atoms with Crippen LogP contribution in [-0.2, 0) is 4.74 Å². The van der Waals surface area contributed by atoms with E-state index in [0.29, 0.717) is 16.5 Å². The average molecular weight is 266 g/mol. The Hall–Kier alpha value is -1.31. The maximum Gasteiger partial charge on any atom is 0.148 e. The Kier molecular flexibility index (Phi) is 4.40. The Morgan fingerprint density at radius 1 is 1.67 bits per heavy atom. The van der Waals surface area contributed by atoms with Crippen molar-refractivity contribution < 1.29 is 4.74 Å². The standard InChI is InChI=1S/C13H16ClN3O/c1-18-9-10-3-2-6-17(8-10)13-12(14)11(7-15)4-5-16-13/h4-5,10H,2-3,6,8-9H2,1H3. The fourth-order valence-corrected chi connectivity index (χ4v) is 2.64. The molecule has 2 heterocycles. The summed E-state index contributed by atoms with van der Waals surface area (Å²) in [6.45, 7) is 2.57. The van der Waals surface area contributed by atoms with Crippen LogP contribution in [0.3, 0.4) is 0 Å². The van der Waals surface area contributed by atoms with Crippen LogP contribution in [0.4, 0.5) is 5.82 Å². The Bertz CT molecular complexity index is 456. The van der Waals surface area contributed by atoms with Gasteiger partial charge in [0.05, 0.1) is 12.2 Å². The second-order valence-electron chi connectivity index (χ2n) is 4.52. The summed E-state index contributed by atoms with van der Waals surface area (Å²) >= 11 is 6.21. The second kappa shape index (κ2) is 6.03. The number of anilines is 1. The van der Waals surface area contributed by atoms with Crippen molar-refractivity contribution in [1.29, 1.82) is 5.26 Å². The van der Waals surface area contributed by atoms with Crippen molar-refractivity contribution >= 4 is 17.4 Å². The summed E-state index contributed by atoms with van der Waals surface area (Å²) in [5, 5.41) is 9.43. The molecule has 2 rings (SSSR count). The number of piperidine rings is 1. The van der Waals surface area contributed by atoms with Crippen molar-refractivity contribution in [2.45, 2.75) is 12.8 Å². The minimum Gasteiger partial charge on any atom is -0.384 e. The molecule has 0 radical (unpaired) electrons. The van der Waals surface area contributed by atoms with Crippen LogP contribution in [0, 0.1) is 17.2 Å². The van der Waals surface area contributed by atoms with E-state index in [0.717, 1.165) is 31.9 Å². The summed E-state index contributed by atoms with van der Waals surface area (Å²) in [5.41, 5.74) is 0.482. The largest absolute Gasteiger partial charge is 0.384 e. The zero-order valence-corrected chi connectivity index (χ0v) is 11.2. The summed E-state index contributed by atoms with van der Waals surface area (Å²) in [7, 11) is 1.72. The molecule has 1 aliphatic heterocycles. The van der Waals surface area contributed by atoms with Gasteiger partial charge in [0.25, 0.3) is 0 Å². The topological polar surface area (TPSA) is 49.1 Å².